The Balaban J connectivity index is 2.19. The minimum Gasteiger partial charge on any atom is -0.455 e. The summed E-state index contributed by atoms with van der Waals surface area (Å²) >= 11 is 0. The van der Waals surface area contributed by atoms with Gasteiger partial charge >= 0.3 is 0 Å². The van der Waals surface area contributed by atoms with Crippen molar-refractivity contribution in [1.29, 1.82) is 0 Å². The summed E-state index contributed by atoms with van der Waals surface area (Å²) in [4.78, 5) is 11.2. The van der Waals surface area contributed by atoms with Crippen LogP contribution >= 0.6 is 0 Å². The monoisotopic (exact) mass is 270 g/mol. The van der Waals surface area contributed by atoms with E-state index in [9.17, 15) is 4.79 Å². The van der Waals surface area contributed by atoms with Crippen LogP contribution < -0.4 is 15.8 Å². The van der Waals surface area contributed by atoms with E-state index < -0.39 is 0 Å². The highest BCUT2D eigenvalue weighted by atomic mass is 16.5. The topological polar surface area (TPSA) is 64.3 Å². The maximum atomic E-state index is 11.2. The number of carbonyl (C=O) groups excluding carboxylic acids is 1. The lowest BCUT2D eigenvalue weighted by Crippen LogP contribution is -2.07. The smallest absolute Gasteiger partial charge is 0.221 e. The molecule has 4 heteroatoms. The molecular formula is C16H18N2O2. The summed E-state index contributed by atoms with van der Waals surface area (Å²) in [5.41, 5.74) is 7.50. The second kappa shape index (κ2) is 6.21. The molecule has 0 radical (unpaired) electrons. The van der Waals surface area contributed by atoms with Crippen LogP contribution in [0.3, 0.4) is 0 Å². The Morgan fingerprint density at radius 3 is 2.40 bits per heavy atom. The third kappa shape index (κ3) is 3.59. The van der Waals surface area contributed by atoms with E-state index in [2.05, 4.69) is 5.32 Å². The average Bonchev–Trinajstić information content (AvgIpc) is 2.41. The molecule has 0 aromatic heterocycles. The molecule has 20 heavy (non-hydrogen) atoms. The van der Waals surface area contributed by atoms with Crippen LogP contribution in [0, 0.1) is 0 Å². The van der Waals surface area contributed by atoms with Crippen LogP contribution in [0.5, 0.6) is 11.5 Å². The van der Waals surface area contributed by atoms with E-state index in [1.165, 1.54) is 6.92 Å². The Bertz CT molecular complexity index is 592. The summed E-state index contributed by atoms with van der Waals surface area (Å²) in [5.74, 6) is 1.18. The van der Waals surface area contributed by atoms with E-state index in [0.29, 0.717) is 17.2 Å². The summed E-state index contributed by atoms with van der Waals surface area (Å²) in [7, 11) is 0. The molecule has 0 bridgehead atoms. The van der Waals surface area contributed by atoms with E-state index in [1.54, 1.807) is 6.07 Å². The number of hydrogen-bond acceptors (Lipinski definition) is 3. The van der Waals surface area contributed by atoms with Gasteiger partial charge in [0.05, 0.1) is 5.69 Å². The molecule has 0 heterocycles. The standard InChI is InChI=1S/C16H18N2O2/c1-11(17)13-7-9-14(10-8-13)20-16-6-4-3-5-15(16)18-12(2)19/h3-11H,17H2,1-2H3,(H,18,19)/t11-/m0/s1. The quantitative estimate of drug-likeness (QED) is 0.894. The second-order valence-electron chi connectivity index (χ2n) is 4.64. The van der Waals surface area contributed by atoms with Crippen molar-refractivity contribution >= 4 is 11.6 Å². The van der Waals surface area contributed by atoms with Crippen molar-refractivity contribution in [2.75, 3.05) is 5.32 Å². The van der Waals surface area contributed by atoms with Gasteiger partial charge in [-0.15, -0.1) is 0 Å². The molecule has 0 saturated carbocycles. The zero-order chi connectivity index (χ0) is 14.5. The molecule has 0 unspecified atom stereocenters. The molecule has 2 aromatic carbocycles. The van der Waals surface area contributed by atoms with E-state index in [-0.39, 0.29) is 11.9 Å². The normalized spacial score (nSPS) is 11.8. The van der Waals surface area contributed by atoms with Crippen LogP contribution in [0.25, 0.3) is 0 Å². The summed E-state index contributed by atoms with van der Waals surface area (Å²) in [6, 6.07) is 14.9. The Morgan fingerprint density at radius 1 is 1.15 bits per heavy atom. The zero-order valence-electron chi connectivity index (χ0n) is 11.6. The molecule has 0 fully saturated rings. The van der Waals surface area contributed by atoms with Crippen molar-refractivity contribution in [2.45, 2.75) is 19.9 Å². The largest absolute Gasteiger partial charge is 0.455 e. The van der Waals surface area contributed by atoms with Crippen LogP contribution in [0.2, 0.25) is 0 Å². The lowest BCUT2D eigenvalue weighted by Gasteiger charge is -2.12. The highest BCUT2D eigenvalue weighted by molar-refractivity contribution is 5.90. The number of benzene rings is 2. The number of ether oxygens (including phenoxy) is 1. The number of amides is 1. The third-order valence-electron chi connectivity index (χ3n) is 2.83. The predicted molar refractivity (Wildman–Crippen MR) is 79.9 cm³/mol. The van der Waals surface area contributed by atoms with Gasteiger partial charge < -0.3 is 15.8 Å². The minimum absolute atomic E-state index is 0.00397. The van der Waals surface area contributed by atoms with E-state index in [0.717, 1.165) is 5.56 Å². The molecule has 0 aliphatic rings. The zero-order valence-corrected chi connectivity index (χ0v) is 11.6. The van der Waals surface area contributed by atoms with E-state index in [4.69, 9.17) is 10.5 Å². The first-order valence-electron chi connectivity index (χ1n) is 6.46. The molecule has 0 spiro atoms. The third-order valence-corrected chi connectivity index (χ3v) is 2.83. The van der Waals surface area contributed by atoms with Gasteiger partial charge in [-0.1, -0.05) is 24.3 Å². The summed E-state index contributed by atoms with van der Waals surface area (Å²) in [6.07, 6.45) is 0. The van der Waals surface area contributed by atoms with Crippen molar-refractivity contribution < 1.29 is 9.53 Å². The summed E-state index contributed by atoms with van der Waals surface area (Å²) in [6.45, 7) is 3.40. The van der Waals surface area contributed by atoms with Gasteiger partial charge in [-0.25, -0.2) is 0 Å². The van der Waals surface area contributed by atoms with Gasteiger partial charge in [0, 0.05) is 13.0 Å². The number of rotatable bonds is 4. The Labute approximate surface area is 118 Å². The molecule has 1 amide bonds. The van der Waals surface area contributed by atoms with Crippen LogP contribution in [0.4, 0.5) is 5.69 Å². The highest BCUT2D eigenvalue weighted by Crippen LogP contribution is 2.29. The molecule has 0 saturated heterocycles. The first-order valence-corrected chi connectivity index (χ1v) is 6.46. The minimum atomic E-state index is -0.131. The van der Waals surface area contributed by atoms with Crippen LogP contribution in [-0.2, 0) is 4.79 Å². The number of carbonyl (C=O) groups is 1. The molecule has 3 N–H and O–H groups in total. The molecule has 0 aliphatic heterocycles. The summed E-state index contributed by atoms with van der Waals surface area (Å²) < 4.78 is 5.79. The fraction of sp³-hybridized carbons (Fsp3) is 0.188. The molecule has 1 atom stereocenters. The van der Waals surface area contributed by atoms with Gasteiger partial charge in [-0.2, -0.15) is 0 Å². The fourth-order valence-electron chi connectivity index (χ4n) is 1.81. The van der Waals surface area contributed by atoms with Gasteiger partial charge in [-0.3, -0.25) is 4.79 Å². The second-order valence-corrected chi connectivity index (χ2v) is 4.64. The van der Waals surface area contributed by atoms with Crippen molar-refractivity contribution in [2.24, 2.45) is 5.73 Å². The Kier molecular flexibility index (Phi) is 4.38. The number of para-hydroxylation sites is 2. The maximum Gasteiger partial charge on any atom is 0.221 e. The summed E-state index contributed by atoms with van der Waals surface area (Å²) in [5, 5.41) is 2.74. The molecule has 2 aromatic rings. The fourth-order valence-corrected chi connectivity index (χ4v) is 1.81. The molecule has 4 nitrogen and oxygen atoms in total. The number of anilines is 1. The van der Waals surface area contributed by atoms with Gasteiger partial charge in [0.1, 0.15) is 5.75 Å². The van der Waals surface area contributed by atoms with Crippen molar-refractivity contribution in [3.63, 3.8) is 0 Å². The number of hydrogen-bond donors (Lipinski definition) is 2. The van der Waals surface area contributed by atoms with Crippen LogP contribution in [-0.4, -0.2) is 5.91 Å². The number of nitrogens with two attached hydrogens (primary N) is 1. The SMILES string of the molecule is CC(=O)Nc1ccccc1Oc1ccc([C@H](C)N)cc1. The highest BCUT2D eigenvalue weighted by Gasteiger charge is 2.06. The lowest BCUT2D eigenvalue weighted by molar-refractivity contribution is -0.114. The Hall–Kier alpha value is -2.33. The van der Waals surface area contributed by atoms with Crippen molar-refractivity contribution in [3.8, 4) is 11.5 Å². The lowest BCUT2D eigenvalue weighted by atomic mass is 10.1. The van der Waals surface area contributed by atoms with Crippen molar-refractivity contribution in [3.05, 3.63) is 54.1 Å². The van der Waals surface area contributed by atoms with Crippen LogP contribution in [0.1, 0.15) is 25.5 Å². The van der Waals surface area contributed by atoms with Gasteiger partial charge in [-0.05, 0) is 36.8 Å². The van der Waals surface area contributed by atoms with Gasteiger partial charge in [0.15, 0.2) is 5.75 Å². The van der Waals surface area contributed by atoms with Gasteiger partial charge in [0.2, 0.25) is 5.91 Å². The number of nitrogens with one attached hydrogen (secondary N) is 1. The van der Waals surface area contributed by atoms with E-state index in [1.807, 2.05) is 49.4 Å². The Morgan fingerprint density at radius 2 is 1.80 bits per heavy atom. The first kappa shape index (κ1) is 14.1. The van der Waals surface area contributed by atoms with Crippen molar-refractivity contribution in [1.82, 2.24) is 0 Å². The molecule has 2 rings (SSSR count). The van der Waals surface area contributed by atoms with Crippen LogP contribution in [0.15, 0.2) is 48.5 Å². The average molecular weight is 270 g/mol. The van der Waals surface area contributed by atoms with Gasteiger partial charge in [0.25, 0.3) is 0 Å². The first-order chi connectivity index (χ1) is 9.56. The predicted octanol–water partition coefficient (Wildman–Crippen LogP) is 3.46. The molecule has 0 aliphatic carbocycles. The van der Waals surface area contributed by atoms with E-state index >= 15 is 0 Å². The maximum absolute atomic E-state index is 11.2. The molecular weight excluding hydrogens is 252 g/mol. The molecule has 104 valence electrons.